The van der Waals surface area contributed by atoms with E-state index in [4.69, 9.17) is 11.6 Å². The van der Waals surface area contributed by atoms with Crippen LogP contribution in [0.1, 0.15) is 34.5 Å². The smallest absolute Gasteiger partial charge is 0.109 e. The van der Waals surface area contributed by atoms with E-state index >= 15 is 0 Å². The Balaban J connectivity index is 1.73. The molecule has 4 heteroatoms. The molecule has 5 rings (SSSR count). The minimum Gasteiger partial charge on any atom is -0.355 e. The van der Waals surface area contributed by atoms with E-state index in [1.807, 2.05) is 6.07 Å². The molecule has 0 unspecified atom stereocenters. The molecule has 0 spiro atoms. The van der Waals surface area contributed by atoms with E-state index in [-0.39, 0.29) is 12.2 Å². The lowest BCUT2D eigenvalue weighted by Gasteiger charge is -2.51. The van der Waals surface area contributed by atoms with Crippen molar-refractivity contribution in [1.82, 2.24) is 4.90 Å². The lowest BCUT2D eigenvalue weighted by molar-refractivity contribution is 0.133. The van der Waals surface area contributed by atoms with Gasteiger partial charge in [-0.15, -0.1) is 0 Å². The van der Waals surface area contributed by atoms with Crippen molar-refractivity contribution in [3.63, 3.8) is 0 Å². The van der Waals surface area contributed by atoms with Gasteiger partial charge in [-0.05, 0) is 59.0 Å². The van der Waals surface area contributed by atoms with E-state index in [2.05, 4.69) is 93.4 Å². The van der Waals surface area contributed by atoms with Crippen molar-refractivity contribution >= 4 is 33.2 Å². The van der Waals surface area contributed by atoms with Gasteiger partial charge in [0.15, 0.2) is 0 Å². The fourth-order valence-corrected chi connectivity index (χ4v) is 5.11. The third-order valence-corrected chi connectivity index (χ3v) is 6.60. The lowest BCUT2D eigenvalue weighted by atomic mass is 9.84. The van der Waals surface area contributed by atoms with E-state index in [9.17, 15) is 0 Å². The van der Waals surface area contributed by atoms with Crippen LogP contribution in [0.25, 0.3) is 0 Å². The summed E-state index contributed by atoms with van der Waals surface area (Å²) in [4.78, 5) is 5.00. The van der Waals surface area contributed by atoms with E-state index in [0.29, 0.717) is 0 Å². The average Bonchev–Trinajstić information content (AvgIpc) is 2.69. The van der Waals surface area contributed by atoms with Gasteiger partial charge < -0.3 is 4.90 Å². The fourth-order valence-electron chi connectivity index (χ4n) is 4.67. The zero-order valence-electron chi connectivity index (χ0n) is 15.1. The summed E-state index contributed by atoms with van der Waals surface area (Å²) >= 11 is 9.98. The Morgan fingerprint density at radius 3 is 2.56 bits per heavy atom. The molecule has 0 radical (unpaired) electrons. The molecule has 2 heterocycles. The van der Waals surface area contributed by atoms with Gasteiger partial charge in [0, 0.05) is 28.8 Å². The van der Waals surface area contributed by atoms with Crippen molar-refractivity contribution in [3.05, 3.63) is 98.5 Å². The molecule has 0 N–H and O–H groups in total. The Bertz CT molecular complexity index is 1000. The first-order valence-corrected chi connectivity index (χ1v) is 10.4. The second-order valence-electron chi connectivity index (χ2n) is 7.33. The van der Waals surface area contributed by atoms with Crippen LogP contribution in [0.5, 0.6) is 0 Å². The van der Waals surface area contributed by atoms with Crippen LogP contribution in [0.3, 0.4) is 0 Å². The molecule has 0 aliphatic carbocycles. The Labute approximate surface area is 173 Å². The van der Waals surface area contributed by atoms with Crippen LogP contribution in [-0.4, -0.2) is 18.5 Å². The predicted molar refractivity (Wildman–Crippen MR) is 115 cm³/mol. The molecule has 0 aromatic heterocycles. The van der Waals surface area contributed by atoms with Crippen LogP contribution in [0, 0.1) is 0 Å². The number of halogens is 2. The van der Waals surface area contributed by atoms with Gasteiger partial charge in [-0.1, -0.05) is 63.9 Å². The molecule has 2 nitrogen and oxygen atoms in total. The van der Waals surface area contributed by atoms with Crippen LogP contribution >= 0.6 is 27.5 Å². The molecule has 3 aromatic carbocycles. The minimum absolute atomic E-state index is 0.199. The van der Waals surface area contributed by atoms with Crippen molar-refractivity contribution in [2.45, 2.75) is 18.6 Å². The molecule has 136 valence electrons. The predicted octanol–water partition coefficient (Wildman–Crippen LogP) is 6.20. The number of nitrogens with zero attached hydrogens (tertiary/aromatic N) is 2. The molecule has 0 saturated carbocycles. The largest absolute Gasteiger partial charge is 0.355 e. The van der Waals surface area contributed by atoms with E-state index in [1.54, 1.807) is 0 Å². The van der Waals surface area contributed by atoms with Crippen molar-refractivity contribution in [1.29, 1.82) is 0 Å². The molecule has 3 aromatic rings. The SMILES string of the molecule is CN1c2ccc(Cl)cc2[C@H]2c3ccccc3CCN2[C@H]1c1ccc(Br)cc1. The Morgan fingerprint density at radius 2 is 1.74 bits per heavy atom. The molecular weight excluding hydrogens is 420 g/mol. The van der Waals surface area contributed by atoms with Crippen LogP contribution in [0.4, 0.5) is 5.69 Å². The molecule has 2 aliphatic heterocycles. The van der Waals surface area contributed by atoms with Gasteiger partial charge in [-0.25, -0.2) is 0 Å². The van der Waals surface area contributed by atoms with Crippen LogP contribution in [-0.2, 0) is 6.42 Å². The van der Waals surface area contributed by atoms with Crippen LogP contribution in [0.15, 0.2) is 71.2 Å². The normalized spacial score (nSPS) is 21.4. The summed E-state index contributed by atoms with van der Waals surface area (Å²) in [5, 5.41) is 0.798. The summed E-state index contributed by atoms with van der Waals surface area (Å²) in [6, 6.07) is 24.1. The van der Waals surface area contributed by atoms with Gasteiger partial charge in [0.2, 0.25) is 0 Å². The summed E-state index contributed by atoms with van der Waals surface area (Å²) in [6.07, 6.45) is 1.27. The monoisotopic (exact) mass is 438 g/mol. The summed E-state index contributed by atoms with van der Waals surface area (Å²) < 4.78 is 1.11. The quantitative estimate of drug-likeness (QED) is 0.445. The molecule has 0 amide bonds. The maximum absolute atomic E-state index is 6.41. The Morgan fingerprint density at radius 1 is 0.963 bits per heavy atom. The van der Waals surface area contributed by atoms with Gasteiger partial charge >= 0.3 is 0 Å². The van der Waals surface area contributed by atoms with Crippen molar-refractivity contribution in [3.8, 4) is 0 Å². The molecule has 0 bridgehead atoms. The average molecular weight is 440 g/mol. The molecule has 2 atom stereocenters. The number of fused-ring (bicyclic) bond motifs is 5. The van der Waals surface area contributed by atoms with Gasteiger partial charge in [-0.3, -0.25) is 4.90 Å². The van der Waals surface area contributed by atoms with Gasteiger partial charge in [0.25, 0.3) is 0 Å². The molecule has 0 saturated heterocycles. The number of anilines is 1. The summed E-state index contributed by atoms with van der Waals surface area (Å²) in [5.74, 6) is 0. The number of hydrogen-bond acceptors (Lipinski definition) is 2. The van der Waals surface area contributed by atoms with Gasteiger partial charge in [0.1, 0.15) is 6.17 Å². The van der Waals surface area contributed by atoms with Crippen molar-refractivity contribution in [2.24, 2.45) is 0 Å². The van der Waals surface area contributed by atoms with Gasteiger partial charge in [-0.2, -0.15) is 0 Å². The zero-order chi connectivity index (χ0) is 18.5. The number of rotatable bonds is 1. The van der Waals surface area contributed by atoms with Gasteiger partial charge in [0.05, 0.1) is 6.04 Å². The third-order valence-electron chi connectivity index (χ3n) is 5.83. The lowest BCUT2D eigenvalue weighted by Crippen LogP contribution is -2.49. The zero-order valence-corrected chi connectivity index (χ0v) is 17.4. The summed E-state index contributed by atoms with van der Waals surface area (Å²) in [7, 11) is 2.19. The highest BCUT2D eigenvalue weighted by Gasteiger charge is 2.41. The molecule has 27 heavy (non-hydrogen) atoms. The van der Waals surface area contributed by atoms with E-state index in [1.165, 1.54) is 27.9 Å². The second-order valence-corrected chi connectivity index (χ2v) is 8.68. The minimum atomic E-state index is 0.199. The second kappa shape index (κ2) is 6.66. The highest BCUT2D eigenvalue weighted by atomic mass is 79.9. The summed E-state index contributed by atoms with van der Waals surface area (Å²) in [5.41, 5.74) is 6.72. The number of hydrogen-bond donors (Lipinski definition) is 0. The first-order valence-electron chi connectivity index (χ1n) is 9.25. The summed E-state index contributed by atoms with van der Waals surface area (Å²) in [6.45, 7) is 1.03. The fraction of sp³-hybridized carbons (Fsp3) is 0.217. The first kappa shape index (κ1) is 17.3. The molecular formula is C23H20BrClN2. The van der Waals surface area contributed by atoms with Crippen molar-refractivity contribution in [2.75, 3.05) is 18.5 Å². The van der Waals surface area contributed by atoms with E-state index in [0.717, 1.165) is 22.5 Å². The maximum atomic E-state index is 6.41. The molecule has 2 aliphatic rings. The third kappa shape index (κ3) is 2.80. The van der Waals surface area contributed by atoms with E-state index < -0.39 is 0 Å². The van der Waals surface area contributed by atoms with Crippen LogP contribution in [0.2, 0.25) is 5.02 Å². The maximum Gasteiger partial charge on any atom is 0.109 e. The first-order chi connectivity index (χ1) is 13.1. The Hall–Kier alpha value is -1.81. The molecule has 0 fully saturated rings. The van der Waals surface area contributed by atoms with Crippen LogP contribution < -0.4 is 4.90 Å². The standard InChI is InChI=1S/C23H20BrClN2/c1-26-21-11-10-18(25)14-20(21)22-19-5-3-2-4-15(19)12-13-27(22)23(26)16-6-8-17(24)9-7-16/h2-11,14,22-23H,12-13H2,1H3/t22-,23+/m1/s1. The topological polar surface area (TPSA) is 6.48 Å². The van der Waals surface area contributed by atoms with Crippen molar-refractivity contribution < 1.29 is 0 Å². The number of benzene rings is 3. The Kier molecular flexibility index (Phi) is 4.27. The highest BCUT2D eigenvalue weighted by Crippen LogP contribution is 2.49. The highest BCUT2D eigenvalue weighted by molar-refractivity contribution is 9.10.